The molecule has 0 aliphatic carbocycles. The van der Waals surface area contributed by atoms with Crippen LogP contribution in [0.3, 0.4) is 0 Å². The van der Waals surface area contributed by atoms with Gasteiger partial charge >= 0.3 is 0 Å². The average molecular weight is 266 g/mol. The fraction of sp³-hybridized carbons (Fsp3) is 0.571. The number of aliphatic hydroxyl groups is 1. The average Bonchev–Trinajstić information content (AvgIpc) is 2.95. The van der Waals surface area contributed by atoms with Crippen molar-refractivity contribution in [3.8, 4) is 11.5 Å². The summed E-state index contributed by atoms with van der Waals surface area (Å²) in [5.41, 5.74) is 0.919. The maximum absolute atomic E-state index is 9.02. The summed E-state index contributed by atoms with van der Waals surface area (Å²) in [6, 6.07) is 5.74. The molecule has 19 heavy (non-hydrogen) atoms. The molecule has 0 aromatic heterocycles. The van der Waals surface area contributed by atoms with Gasteiger partial charge in [0, 0.05) is 18.6 Å². The number of aliphatic hydroxyl groups excluding tert-OH is 1. The van der Waals surface area contributed by atoms with Gasteiger partial charge in [0.25, 0.3) is 0 Å². The lowest BCUT2D eigenvalue weighted by atomic mass is 10.00. The van der Waals surface area contributed by atoms with Gasteiger partial charge in [0.05, 0.1) is 13.2 Å². The predicted octanol–water partition coefficient (Wildman–Crippen LogP) is 1.43. The topological polar surface area (TPSA) is 57.2 Å². The van der Waals surface area contributed by atoms with Crippen molar-refractivity contribution in [2.45, 2.75) is 18.6 Å². The van der Waals surface area contributed by atoms with Gasteiger partial charge in [-0.1, -0.05) is 0 Å². The zero-order valence-corrected chi connectivity index (χ0v) is 10.8. The minimum absolute atomic E-state index is 0.124. The summed E-state index contributed by atoms with van der Waals surface area (Å²) in [6.07, 6.45) is 1.26. The smallest absolute Gasteiger partial charge is 0.195 e. The van der Waals surface area contributed by atoms with E-state index in [2.05, 4.69) is 0 Å². The minimum Gasteiger partial charge on any atom is -0.486 e. The highest BCUT2D eigenvalue weighted by atomic mass is 16.7. The maximum Gasteiger partial charge on any atom is 0.195 e. The Kier molecular flexibility index (Phi) is 3.59. The van der Waals surface area contributed by atoms with Crippen LogP contribution in [0.4, 0.5) is 0 Å². The molecule has 0 unspecified atom stereocenters. The van der Waals surface area contributed by atoms with Crippen LogP contribution >= 0.6 is 0 Å². The Morgan fingerprint density at radius 1 is 1.00 bits per heavy atom. The fourth-order valence-electron chi connectivity index (χ4n) is 2.50. The quantitative estimate of drug-likeness (QED) is 0.893. The van der Waals surface area contributed by atoms with Gasteiger partial charge in [-0.25, -0.2) is 0 Å². The molecule has 1 fully saturated rings. The van der Waals surface area contributed by atoms with Crippen LogP contribution in [0.1, 0.15) is 18.4 Å². The normalized spacial score (nSPS) is 20.5. The summed E-state index contributed by atoms with van der Waals surface area (Å²) in [5.74, 6) is 0.731. The number of fused-ring (bicyclic) bond motifs is 1. The summed E-state index contributed by atoms with van der Waals surface area (Å²) in [4.78, 5) is 0. The van der Waals surface area contributed by atoms with Crippen LogP contribution in [0, 0.1) is 0 Å². The zero-order chi connectivity index (χ0) is 13.1. The van der Waals surface area contributed by atoms with E-state index in [1.54, 1.807) is 0 Å². The lowest BCUT2D eigenvalue weighted by molar-refractivity contribution is -0.172. The molecule has 5 nitrogen and oxygen atoms in total. The lowest BCUT2D eigenvalue weighted by Crippen LogP contribution is -2.28. The minimum atomic E-state index is -0.751. The molecule has 0 atom stereocenters. The molecule has 2 aliphatic heterocycles. The summed E-state index contributed by atoms with van der Waals surface area (Å²) in [5, 5.41) is 9.02. The molecule has 1 aromatic rings. The molecule has 2 aliphatic rings. The lowest BCUT2D eigenvalue weighted by Gasteiger charge is -2.29. The Hall–Kier alpha value is -1.30. The molecule has 0 radical (unpaired) electrons. The number of benzene rings is 1. The highest BCUT2D eigenvalue weighted by molar-refractivity contribution is 5.45. The zero-order valence-electron chi connectivity index (χ0n) is 10.8. The third-order valence-corrected chi connectivity index (χ3v) is 3.40. The second-order valence-corrected chi connectivity index (χ2v) is 4.64. The van der Waals surface area contributed by atoms with Crippen LogP contribution < -0.4 is 9.47 Å². The highest BCUT2D eigenvalue weighted by Gasteiger charge is 2.38. The Labute approximate surface area is 112 Å². The van der Waals surface area contributed by atoms with Crippen LogP contribution in [0.15, 0.2) is 18.2 Å². The maximum atomic E-state index is 9.02. The standard InChI is InChI=1S/C14H18O5/c15-5-1-4-14(18-8-9-19-14)11-2-3-12-13(10-11)17-7-6-16-12/h2-3,10,15H,1,4-9H2. The molecule has 104 valence electrons. The molecule has 1 N–H and O–H groups in total. The van der Waals surface area contributed by atoms with Gasteiger partial charge in [0.2, 0.25) is 0 Å². The Morgan fingerprint density at radius 2 is 1.74 bits per heavy atom. The van der Waals surface area contributed by atoms with Gasteiger partial charge in [0.1, 0.15) is 13.2 Å². The van der Waals surface area contributed by atoms with Gasteiger partial charge in [-0.2, -0.15) is 0 Å². The van der Waals surface area contributed by atoms with E-state index in [1.165, 1.54) is 0 Å². The SMILES string of the molecule is OCCCC1(c2ccc3c(c2)OCCO3)OCCO1. The van der Waals surface area contributed by atoms with Gasteiger partial charge < -0.3 is 24.1 Å². The summed E-state index contributed by atoms with van der Waals surface area (Å²) in [7, 11) is 0. The molecule has 0 bridgehead atoms. The van der Waals surface area contributed by atoms with E-state index < -0.39 is 5.79 Å². The monoisotopic (exact) mass is 266 g/mol. The third-order valence-electron chi connectivity index (χ3n) is 3.40. The van der Waals surface area contributed by atoms with Gasteiger partial charge in [0.15, 0.2) is 17.3 Å². The van der Waals surface area contributed by atoms with E-state index in [4.69, 9.17) is 24.1 Å². The molecule has 5 heteroatoms. The van der Waals surface area contributed by atoms with Gasteiger partial charge in [-0.15, -0.1) is 0 Å². The Bertz CT molecular complexity index is 439. The molecule has 3 rings (SSSR count). The van der Waals surface area contributed by atoms with Crippen molar-refractivity contribution in [1.29, 1.82) is 0 Å². The van der Waals surface area contributed by atoms with Crippen molar-refractivity contribution in [2.75, 3.05) is 33.0 Å². The number of ether oxygens (including phenoxy) is 4. The van der Waals surface area contributed by atoms with Crippen LogP contribution in [-0.4, -0.2) is 38.1 Å². The first-order valence-electron chi connectivity index (χ1n) is 6.63. The largest absolute Gasteiger partial charge is 0.486 e. The van der Waals surface area contributed by atoms with Gasteiger partial charge in [-0.3, -0.25) is 0 Å². The summed E-state index contributed by atoms with van der Waals surface area (Å²) in [6.45, 7) is 2.40. The number of hydrogen-bond donors (Lipinski definition) is 1. The molecular formula is C14H18O5. The van der Waals surface area contributed by atoms with Crippen molar-refractivity contribution >= 4 is 0 Å². The number of rotatable bonds is 4. The van der Waals surface area contributed by atoms with E-state index in [0.717, 1.165) is 17.1 Å². The summed E-state index contributed by atoms with van der Waals surface area (Å²) >= 11 is 0. The Balaban J connectivity index is 1.89. The molecular weight excluding hydrogens is 248 g/mol. The van der Waals surface area contributed by atoms with Crippen molar-refractivity contribution in [2.24, 2.45) is 0 Å². The molecule has 1 saturated heterocycles. The van der Waals surface area contributed by atoms with Crippen molar-refractivity contribution in [1.82, 2.24) is 0 Å². The predicted molar refractivity (Wildman–Crippen MR) is 67.3 cm³/mol. The fourth-order valence-corrected chi connectivity index (χ4v) is 2.50. The Morgan fingerprint density at radius 3 is 2.47 bits per heavy atom. The first-order valence-corrected chi connectivity index (χ1v) is 6.63. The molecule has 2 heterocycles. The van der Waals surface area contributed by atoms with E-state index in [1.807, 2.05) is 18.2 Å². The van der Waals surface area contributed by atoms with E-state index in [0.29, 0.717) is 39.3 Å². The molecule has 0 saturated carbocycles. The second-order valence-electron chi connectivity index (χ2n) is 4.64. The van der Waals surface area contributed by atoms with E-state index >= 15 is 0 Å². The van der Waals surface area contributed by atoms with Crippen molar-refractivity contribution < 1.29 is 24.1 Å². The molecule has 1 aromatic carbocycles. The van der Waals surface area contributed by atoms with Crippen molar-refractivity contribution in [3.63, 3.8) is 0 Å². The van der Waals surface area contributed by atoms with Crippen molar-refractivity contribution in [3.05, 3.63) is 23.8 Å². The number of hydrogen-bond acceptors (Lipinski definition) is 5. The molecule has 0 spiro atoms. The van der Waals surface area contributed by atoms with Crippen LogP contribution in [-0.2, 0) is 15.3 Å². The summed E-state index contributed by atoms with van der Waals surface area (Å²) < 4.78 is 22.7. The van der Waals surface area contributed by atoms with Crippen LogP contribution in [0.25, 0.3) is 0 Å². The van der Waals surface area contributed by atoms with E-state index in [-0.39, 0.29) is 6.61 Å². The van der Waals surface area contributed by atoms with E-state index in [9.17, 15) is 0 Å². The third kappa shape index (κ3) is 2.41. The molecule has 0 amide bonds. The first kappa shape index (κ1) is 12.7. The van der Waals surface area contributed by atoms with Gasteiger partial charge in [-0.05, 0) is 24.6 Å². The first-order chi connectivity index (χ1) is 9.34. The highest BCUT2D eigenvalue weighted by Crippen LogP contribution is 2.40. The van der Waals surface area contributed by atoms with Crippen LogP contribution in [0.2, 0.25) is 0 Å². The second kappa shape index (κ2) is 5.36. The van der Waals surface area contributed by atoms with Crippen LogP contribution in [0.5, 0.6) is 11.5 Å².